The predicted octanol–water partition coefficient (Wildman–Crippen LogP) is 4.16. The summed E-state index contributed by atoms with van der Waals surface area (Å²) in [6, 6.07) is 0.754. The van der Waals surface area contributed by atoms with Crippen molar-refractivity contribution in [2.24, 2.45) is 17.8 Å². The first-order chi connectivity index (χ1) is 9.52. The van der Waals surface area contributed by atoms with Gasteiger partial charge < -0.3 is 10.2 Å². The van der Waals surface area contributed by atoms with Crippen LogP contribution in [0.1, 0.15) is 66.2 Å². The molecule has 0 spiro atoms. The van der Waals surface area contributed by atoms with Gasteiger partial charge in [0.2, 0.25) is 0 Å². The standard InChI is InChI=1S/C18H38N2/c1-15(2)10-12-20(13-11-16(3)4)14-17-8-6-7-9-18(17)19-5/h15-19H,6-14H2,1-5H3. The first kappa shape index (κ1) is 18.0. The molecule has 0 aromatic heterocycles. The monoisotopic (exact) mass is 282 g/mol. The summed E-state index contributed by atoms with van der Waals surface area (Å²) in [5.74, 6) is 2.51. The average molecular weight is 283 g/mol. The number of hydrogen-bond acceptors (Lipinski definition) is 2. The van der Waals surface area contributed by atoms with Crippen molar-refractivity contribution in [2.45, 2.75) is 72.3 Å². The molecule has 0 bridgehead atoms. The molecule has 0 aromatic rings. The highest BCUT2D eigenvalue weighted by atomic mass is 15.1. The maximum absolute atomic E-state index is 3.56. The molecule has 1 fully saturated rings. The van der Waals surface area contributed by atoms with Crippen molar-refractivity contribution in [1.82, 2.24) is 10.2 Å². The fraction of sp³-hybridized carbons (Fsp3) is 1.00. The molecule has 0 radical (unpaired) electrons. The van der Waals surface area contributed by atoms with Crippen molar-refractivity contribution < 1.29 is 0 Å². The lowest BCUT2D eigenvalue weighted by Crippen LogP contribution is -2.43. The smallest absolute Gasteiger partial charge is 0.0104 e. The van der Waals surface area contributed by atoms with E-state index in [9.17, 15) is 0 Å². The summed E-state index contributed by atoms with van der Waals surface area (Å²) in [5.41, 5.74) is 0. The van der Waals surface area contributed by atoms with E-state index >= 15 is 0 Å². The molecule has 0 aliphatic heterocycles. The van der Waals surface area contributed by atoms with Gasteiger partial charge in [0, 0.05) is 12.6 Å². The first-order valence-electron chi connectivity index (χ1n) is 8.92. The van der Waals surface area contributed by atoms with Gasteiger partial charge in [-0.25, -0.2) is 0 Å². The van der Waals surface area contributed by atoms with E-state index in [1.54, 1.807) is 0 Å². The van der Waals surface area contributed by atoms with Gasteiger partial charge in [-0.3, -0.25) is 0 Å². The third-order valence-electron chi connectivity index (χ3n) is 4.82. The lowest BCUT2D eigenvalue weighted by Gasteiger charge is -2.36. The van der Waals surface area contributed by atoms with Gasteiger partial charge in [0.25, 0.3) is 0 Å². The van der Waals surface area contributed by atoms with Gasteiger partial charge >= 0.3 is 0 Å². The minimum atomic E-state index is 0.754. The first-order valence-corrected chi connectivity index (χ1v) is 8.92. The molecule has 2 atom stereocenters. The molecular weight excluding hydrogens is 244 g/mol. The van der Waals surface area contributed by atoms with Crippen LogP contribution in [0.4, 0.5) is 0 Å². The molecule has 20 heavy (non-hydrogen) atoms. The highest BCUT2D eigenvalue weighted by Gasteiger charge is 2.25. The van der Waals surface area contributed by atoms with Crippen LogP contribution in [0.3, 0.4) is 0 Å². The Bertz CT molecular complexity index is 226. The third kappa shape index (κ3) is 7.08. The van der Waals surface area contributed by atoms with Crippen LogP contribution in [-0.4, -0.2) is 37.6 Å². The molecule has 0 aromatic carbocycles. The van der Waals surface area contributed by atoms with E-state index in [1.807, 2.05) is 0 Å². The van der Waals surface area contributed by atoms with Crippen molar-refractivity contribution in [3.8, 4) is 0 Å². The Hall–Kier alpha value is -0.0800. The number of rotatable bonds is 9. The average Bonchev–Trinajstić information content (AvgIpc) is 2.42. The number of nitrogens with zero attached hydrogens (tertiary/aromatic N) is 1. The van der Waals surface area contributed by atoms with Crippen molar-refractivity contribution in [2.75, 3.05) is 26.7 Å². The second-order valence-corrected chi connectivity index (χ2v) is 7.61. The van der Waals surface area contributed by atoms with E-state index < -0.39 is 0 Å². The summed E-state index contributed by atoms with van der Waals surface area (Å²) in [6.07, 6.45) is 8.34. The van der Waals surface area contributed by atoms with Crippen LogP contribution in [-0.2, 0) is 0 Å². The Morgan fingerprint density at radius 1 is 0.950 bits per heavy atom. The minimum absolute atomic E-state index is 0.754. The highest BCUT2D eigenvalue weighted by molar-refractivity contribution is 4.82. The number of hydrogen-bond donors (Lipinski definition) is 1. The fourth-order valence-electron chi connectivity index (χ4n) is 3.31. The fourth-order valence-corrected chi connectivity index (χ4v) is 3.31. The number of nitrogens with one attached hydrogen (secondary N) is 1. The van der Waals surface area contributed by atoms with Crippen LogP contribution in [0, 0.1) is 17.8 Å². The molecule has 1 rings (SSSR count). The zero-order valence-electron chi connectivity index (χ0n) is 14.6. The largest absolute Gasteiger partial charge is 0.317 e. The SMILES string of the molecule is CNC1CCCCC1CN(CCC(C)C)CCC(C)C. The topological polar surface area (TPSA) is 15.3 Å². The summed E-state index contributed by atoms with van der Waals surface area (Å²) in [5, 5.41) is 3.56. The predicted molar refractivity (Wildman–Crippen MR) is 90.2 cm³/mol. The second-order valence-electron chi connectivity index (χ2n) is 7.61. The molecule has 0 amide bonds. The van der Waals surface area contributed by atoms with Crippen LogP contribution >= 0.6 is 0 Å². The summed E-state index contributed by atoms with van der Waals surface area (Å²) in [7, 11) is 2.15. The summed E-state index contributed by atoms with van der Waals surface area (Å²) in [4.78, 5) is 2.75. The van der Waals surface area contributed by atoms with Crippen molar-refractivity contribution in [3.05, 3.63) is 0 Å². The van der Waals surface area contributed by atoms with E-state index in [1.165, 1.54) is 58.2 Å². The maximum Gasteiger partial charge on any atom is 0.0104 e. The molecule has 2 nitrogen and oxygen atoms in total. The molecule has 0 heterocycles. The molecule has 0 saturated heterocycles. The van der Waals surface area contributed by atoms with Crippen LogP contribution in [0.2, 0.25) is 0 Å². The van der Waals surface area contributed by atoms with E-state index in [0.717, 1.165) is 23.8 Å². The van der Waals surface area contributed by atoms with Crippen LogP contribution in [0.25, 0.3) is 0 Å². The normalized spacial score (nSPS) is 24.0. The molecule has 1 aliphatic carbocycles. The molecule has 1 aliphatic rings. The Morgan fingerprint density at radius 2 is 1.50 bits per heavy atom. The zero-order valence-corrected chi connectivity index (χ0v) is 14.6. The molecular formula is C18H38N2. The summed E-state index contributed by atoms with van der Waals surface area (Å²) in [6.45, 7) is 13.3. The summed E-state index contributed by atoms with van der Waals surface area (Å²) >= 11 is 0. The van der Waals surface area contributed by atoms with Crippen LogP contribution in [0.15, 0.2) is 0 Å². The minimum Gasteiger partial charge on any atom is -0.317 e. The second kappa shape index (κ2) is 9.78. The third-order valence-corrected chi connectivity index (χ3v) is 4.82. The van der Waals surface area contributed by atoms with Gasteiger partial charge in [-0.1, -0.05) is 40.5 Å². The quantitative estimate of drug-likeness (QED) is 0.683. The molecule has 1 saturated carbocycles. The van der Waals surface area contributed by atoms with E-state index in [0.29, 0.717) is 0 Å². The van der Waals surface area contributed by atoms with Gasteiger partial charge in [-0.2, -0.15) is 0 Å². The van der Waals surface area contributed by atoms with Gasteiger partial charge in [-0.15, -0.1) is 0 Å². The van der Waals surface area contributed by atoms with E-state index in [-0.39, 0.29) is 0 Å². The Kier molecular flexibility index (Phi) is 8.79. The van der Waals surface area contributed by atoms with Crippen molar-refractivity contribution >= 4 is 0 Å². The van der Waals surface area contributed by atoms with Crippen molar-refractivity contribution in [3.63, 3.8) is 0 Å². The van der Waals surface area contributed by atoms with Gasteiger partial charge in [-0.05, 0) is 63.6 Å². The van der Waals surface area contributed by atoms with Gasteiger partial charge in [0.15, 0.2) is 0 Å². The molecule has 1 N–H and O–H groups in total. The van der Waals surface area contributed by atoms with Gasteiger partial charge in [0.05, 0.1) is 0 Å². The Labute approximate surface area is 127 Å². The maximum atomic E-state index is 3.56. The lowest BCUT2D eigenvalue weighted by atomic mass is 9.84. The summed E-state index contributed by atoms with van der Waals surface area (Å²) < 4.78 is 0. The van der Waals surface area contributed by atoms with Crippen LogP contribution in [0.5, 0.6) is 0 Å². The molecule has 2 heteroatoms. The van der Waals surface area contributed by atoms with E-state index in [2.05, 4.69) is 45.0 Å². The van der Waals surface area contributed by atoms with Crippen molar-refractivity contribution in [1.29, 1.82) is 0 Å². The highest BCUT2D eigenvalue weighted by Crippen LogP contribution is 2.25. The Balaban J connectivity index is 2.47. The van der Waals surface area contributed by atoms with Crippen LogP contribution < -0.4 is 5.32 Å². The zero-order chi connectivity index (χ0) is 15.0. The Morgan fingerprint density at radius 3 is 2.00 bits per heavy atom. The van der Waals surface area contributed by atoms with Gasteiger partial charge in [0.1, 0.15) is 0 Å². The molecule has 120 valence electrons. The lowest BCUT2D eigenvalue weighted by molar-refractivity contribution is 0.160. The molecule has 2 unspecified atom stereocenters. The van der Waals surface area contributed by atoms with E-state index in [4.69, 9.17) is 0 Å².